The molecule has 0 radical (unpaired) electrons. The third-order valence-electron chi connectivity index (χ3n) is 3.65. The fourth-order valence-corrected chi connectivity index (χ4v) is 1.87. The van der Waals surface area contributed by atoms with E-state index in [4.69, 9.17) is 11.0 Å². The molecule has 0 aliphatic heterocycles. The first kappa shape index (κ1) is 14.3. The number of anilines is 2. The smallest absolute Gasteiger partial charge is 0.101 e. The number of nitrogen functional groups attached to an aromatic ring is 1. The van der Waals surface area contributed by atoms with Gasteiger partial charge in [-0.05, 0) is 31.0 Å². The molecule has 0 aliphatic rings. The maximum atomic E-state index is 9.50. The maximum Gasteiger partial charge on any atom is 0.101 e. The van der Waals surface area contributed by atoms with E-state index in [2.05, 4.69) is 25.2 Å². The van der Waals surface area contributed by atoms with Gasteiger partial charge in [0, 0.05) is 17.6 Å². The van der Waals surface area contributed by atoms with Crippen molar-refractivity contribution in [3.8, 4) is 6.07 Å². The molecule has 4 nitrogen and oxygen atoms in total. The molecule has 0 spiro atoms. The summed E-state index contributed by atoms with van der Waals surface area (Å²) in [6.45, 7) is 4.92. The minimum absolute atomic E-state index is 0.131. The Morgan fingerprint density at radius 2 is 2.06 bits per heavy atom. The van der Waals surface area contributed by atoms with Gasteiger partial charge in [0.1, 0.15) is 6.07 Å². The standard InChI is InChI=1S/C14H21N3O/c1-3-14(4-2,10-18)9-17-13-6-5-12(16)7-11(13)8-15/h5-7,17-18H,3-4,9-10,16H2,1-2H3. The Hall–Kier alpha value is -1.73. The molecule has 1 aromatic carbocycles. The second-order valence-electron chi connectivity index (χ2n) is 4.64. The molecular weight excluding hydrogens is 226 g/mol. The highest BCUT2D eigenvalue weighted by molar-refractivity contribution is 5.63. The minimum atomic E-state index is -0.131. The van der Waals surface area contributed by atoms with E-state index in [-0.39, 0.29) is 12.0 Å². The maximum absolute atomic E-state index is 9.50. The molecule has 0 saturated heterocycles. The van der Waals surface area contributed by atoms with Crippen LogP contribution in [0.25, 0.3) is 0 Å². The summed E-state index contributed by atoms with van der Waals surface area (Å²) < 4.78 is 0. The van der Waals surface area contributed by atoms with Crippen molar-refractivity contribution in [1.29, 1.82) is 5.26 Å². The number of aliphatic hydroxyl groups is 1. The molecule has 1 rings (SSSR count). The highest BCUT2D eigenvalue weighted by Gasteiger charge is 2.25. The van der Waals surface area contributed by atoms with Crippen LogP contribution in [0.5, 0.6) is 0 Å². The quantitative estimate of drug-likeness (QED) is 0.674. The molecular formula is C14H21N3O. The molecule has 1 aromatic rings. The molecule has 0 unspecified atom stereocenters. The Morgan fingerprint density at radius 3 is 2.56 bits per heavy atom. The van der Waals surface area contributed by atoms with Crippen LogP contribution in [-0.2, 0) is 0 Å². The lowest BCUT2D eigenvalue weighted by molar-refractivity contribution is 0.127. The number of nitrogens with zero attached hydrogens (tertiary/aromatic N) is 1. The molecule has 0 bridgehead atoms. The van der Waals surface area contributed by atoms with Crippen LogP contribution in [0.15, 0.2) is 18.2 Å². The lowest BCUT2D eigenvalue weighted by Gasteiger charge is -2.30. The monoisotopic (exact) mass is 247 g/mol. The summed E-state index contributed by atoms with van der Waals surface area (Å²) in [5.74, 6) is 0. The third-order valence-corrected chi connectivity index (χ3v) is 3.65. The fraction of sp³-hybridized carbons (Fsp3) is 0.500. The first-order chi connectivity index (χ1) is 8.60. The summed E-state index contributed by atoms with van der Waals surface area (Å²) in [7, 11) is 0. The second-order valence-corrected chi connectivity index (χ2v) is 4.64. The van der Waals surface area contributed by atoms with E-state index in [1.54, 1.807) is 18.2 Å². The number of rotatable bonds is 6. The van der Waals surface area contributed by atoms with E-state index in [9.17, 15) is 5.11 Å². The summed E-state index contributed by atoms with van der Waals surface area (Å²) in [6.07, 6.45) is 1.79. The number of benzene rings is 1. The van der Waals surface area contributed by atoms with Gasteiger partial charge in [-0.2, -0.15) is 5.26 Å². The van der Waals surface area contributed by atoms with Crippen molar-refractivity contribution in [3.05, 3.63) is 23.8 Å². The predicted octanol–water partition coefficient (Wildman–Crippen LogP) is 2.35. The van der Waals surface area contributed by atoms with Gasteiger partial charge in [-0.15, -0.1) is 0 Å². The van der Waals surface area contributed by atoms with Crippen LogP contribution < -0.4 is 11.1 Å². The van der Waals surface area contributed by atoms with E-state index >= 15 is 0 Å². The molecule has 0 fully saturated rings. The number of aliphatic hydroxyl groups excluding tert-OH is 1. The number of nitrogens with one attached hydrogen (secondary N) is 1. The molecule has 0 aliphatic carbocycles. The lowest BCUT2D eigenvalue weighted by atomic mass is 9.83. The number of hydrogen-bond donors (Lipinski definition) is 3. The Kier molecular flexibility index (Phi) is 4.99. The SMILES string of the molecule is CCC(CC)(CO)CNc1ccc(N)cc1C#N. The summed E-state index contributed by atoms with van der Waals surface area (Å²) in [5, 5.41) is 21.8. The molecule has 18 heavy (non-hydrogen) atoms. The first-order valence-electron chi connectivity index (χ1n) is 6.25. The average molecular weight is 247 g/mol. The van der Waals surface area contributed by atoms with Gasteiger partial charge in [0.05, 0.1) is 17.9 Å². The van der Waals surface area contributed by atoms with E-state index in [0.29, 0.717) is 17.8 Å². The van der Waals surface area contributed by atoms with Gasteiger partial charge in [-0.25, -0.2) is 0 Å². The van der Waals surface area contributed by atoms with Crippen molar-refractivity contribution < 1.29 is 5.11 Å². The Morgan fingerprint density at radius 1 is 1.39 bits per heavy atom. The third kappa shape index (κ3) is 3.14. The zero-order chi connectivity index (χ0) is 13.6. The van der Waals surface area contributed by atoms with Crippen molar-refractivity contribution >= 4 is 11.4 Å². The fourth-order valence-electron chi connectivity index (χ4n) is 1.87. The van der Waals surface area contributed by atoms with Crippen LogP contribution in [0, 0.1) is 16.7 Å². The topological polar surface area (TPSA) is 82.1 Å². The molecule has 0 saturated carbocycles. The van der Waals surface area contributed by atoms with E-state index in [0.717, 1.165) is 18.5 Å². The highest BCUT2D eigenvalue weighted by Crippen LogP contribution is 2.27. The summed E-state index contributed by atoms with van der Waals surface area (Å²) in [4.78, 5) is 0. The number of nitriles is 1. The van der Waals surface area contributed by atoms with Crippen molar-refractivity contribution in [2.75, 3.05) is 24.2 Å². The van der Waals surface area contributed by atoms with Crippen molar-refractivity contribution in [2.24, 2.45) is 5.41 Å². The van der Waals surface area contributed by atoms with Crippen molar-refractivity contribution in [2.45, 2.75) is 26.7 Å². The van der Waals surface area contributed by atoms with Gasteiger partial charge in [-0.3, -0.25) is 0 Å². The van der Waals surface area contributed by atoms with Crippen LogP contribution in [0.1, 0.15) is 32.3 Å². The molecule has 0 heterocycles. The van der Waals surface area contributed by atoms with Gasteiger partial charge in [0.2, 0.25) is 0 Å². The summed E-state index contributed by atoms with van der Waals surface area (Å²) >= 11 is 0. The van der Waals surface area contributed by atoms with Gasteiger partial charge >= 0.3 is 0 Å². The largest absolute Gasteiger partial charge is 0.399 e. The highest BCUT2D eigenvalue weighted by atomic mass is 16.3. The van der Waals surface area contributed by atoms with E-state index < -0.39 is 0 Å². The molecule has 98 valence electrons. The van der Waals surface area contributed by atoms with Gasteiger partial charge in [0.15, 0.2) is 0 Å². The normalized spacial score (nSPS) is 11.0. The second kappa shape index (κ2) is 6.27. The van der Waals surface area contributed by atoms with E-state index in [1.807, 2.05) is 0 Å². The molecule has 0 amide bonds. The predicted molar refractivity (Wildman–Crippen MR) is 74.2 cm³/mol. The van der Waals surface area contributed by atoms with Crippen LogP contribution in [0.4, 0.5) is 11.4 Å². The van der Waals surface area contributed by atoms with Gasteiger partial charge < -0.3 is 16.2 Å². The van der Waals surface area contributed by atoms with Crippen molar-refractivity contribution in [1.82, 2.24) is 0 Å². The lowest BCUT2D eigenvalue weighted by Crippen LogP contribution is -2.32. The van der Waals surface area contributed by atoms with Crippen molar-refractivity contribution in [3.63, 3.8) is 0 Å². The minimum Gasteiger partial charge on any atom is -0.399 e. The Balaban J connectivity index is 2.83. The Bertz CT molecular complexity index is 425. The van der Waals surface area contributed by atoms with Gasteiger partial charge in [0.25, 0.3) is 0 Å². The van der Waals surface area contributed by atoms with Crippen LogP contribution in [0.3, 0.4) is 0 Å². The van der Waals surface area contributed by atoms with Crippen LogP contribution in [0.2, 0.25) is 0 Å². The number of hydrogen-bond acceptors (Lipinski definition) is 4. The van der Waals surface area contributed by atoms with E-state index in [1.165, 1.54) is 0 Å². The van der Waals surface area contributed by atoms with Crippen LogP contribution >= 0.6 is 0 Å². The molecule has 4 heteroatoms. The van der Waals surface area contributed by atoms with Crippen LogP contribution in [-0.4, -0.2) is 18.3 Å². The molecule has 0 atom stereocenters. The molecule has 0 aromatic heterocycles. The molecule has 4 N–H and O–H groups in total. The Labute approximate surface area is 108 Å². The van der Waals surface area contributed by atoms with Gasteiger partial charge in [-0.1, -0.05) is 13.8 Å². The zero-order valence-electron chi connectivity index (χ0n) is 11.0. The average Bonchev–Trinajstić information content (AvgIpc) is 2.42. The summed E-state index contributed by atoms with van der Waals surface area (Å²) in [6, 6.07) is 7.35. The summed E-state index contributed by atoms with van der Waals surface area (Å²) in [5.41, 5.74) is 7.40. The number of nitrogens with two attached hydrogens (primary N) is 1. The first-order valence-corrected chi connectivity index (χ1v) is 6.25. The zero-order valence-corrected chi connectivity index (χ0v) is 11.0.